The van der Waals surface area contributed by atoms with Gasteiger partial charge in [0, 0.05) is 31.0 Å². The molecule has 29 heavy (non-hydrogen) atoms. The fraction of sp³-hybridized carbons (Fsp3) is 0.833. The maximum Gasteiger partial charge on any atom is 0.188 e. The SMILES string of the molecule is CC1(C)[C@@H]2CC[C@@H](CCCCO)[C@]13CC(=O)C(CCC[C@H]1CCN=C(N)N1)=C3C2. The first-order valence-electron chi connectivity index (χ1n) is 11.8. The lowest BCUT2D eigenvalue weighted by atomic mass is 9.51. The minimum absolute atomic E-state index is 0.0952. The normalized spacial score (nSPS) is 35.5. The summed E-state index contributed by atoms with van der Waals surface area (Å²) in [5.41, 5.74) is 8.87. The number of aliphatic imine (C=N–C) groups is 1. The number of hydrogen-bond acceptors (Lipinski definition) is 5. The van der Waals surface area contributed by atoms with Gasteiger partial charge in [-0.25, -0.2) is 0 Å². The van der Waals surface area contributed by atoms with Crippen LogP contribution in [0.2, 0.25) is 0 Å². The molecule has 1 aliphatic heterocycles. The number of rotatable bonds is 8. The largest absolute Gasteiger partial charge is 0.396 e. The second kappa shape index (κ2) is 8.05. The summed E-state index contributed by atoms with van der Waals surface area (Å²) in [4.78, 5) is 17.4. The van der Waals surface area contributed by atoms with Crippen LogP contribution in [0.15, 0.2) is 16.1 Å². The monoisotopic (exact) mass is 401 g/mol. The highest BCUT2D eigenvalue weighted by atomic mass is 16.2. The van der Waals surface area contributed by atoms with Crippen LogP contribution >= 0.6 is 0 Å². The zero-order chi connectivity index (χ0) is 20.6. The number of guanidine groups is 1. The number of hydrogen-bond donors (Lipinski definition) is 3. The average molecular weight is 402 g/mol. The number of allylic oxidation sites excluding steroid dienone is 2. The molecule has 4 atom stereocenters. The molecule has 2 fully saturated rings. The van der Waals surface area contributed by atoms with Crippen LogP contribution in [0.5, 0.6) is 0 Å². The minimum Gasteiger partial charge on any atom is -0.396 e. The van der Waals surface area contributed by atoms with Crippen molar-refractivity contribution in [2.45, 2.75) is 90.5 Å². The molecule has 4 rings (SSSR count). The molecule has 0 saturated heterocycles. The van der Waals surface area contributed by atoms with Crippen LogP contribution in [-0.4, -0.2) is 36.0 Å². The summed E-state index contributed by atoms with van der Waals surface area (Å²) in [6.45, 7) is 5.97. The smallest absolute Gasteiger partial charge is 0.188 e. The highest BCUT2D eigenvalue weighted by Crippen LogP contribution is 2.73. The average Bonchev–Trinajstić information content (AvgIpc) is 2.98. The van der Waals surface area contributed by atoms with E-state index in [0.717, 1.165) is 70.3 Å². The fourth-order valence-electron chi connectivity index (χ4n) is 7.31. The van der Waals surface area contributed by atoms with Crippen LogP contribution in [-0.2, 0) is 4.79 Å². The molecule has 2 bridgehead atoms. The summed E-state index contributed by atoms with van der Waals surface area (Å²) in [7, 11) is 0. The summed E-state index contributed by atoms with van der Waals surface area (Å²) in [6.07, 6.45) is 11.6. The Kier molecular flexibility index (Phi) is 5.80. The van der Waals surface area contributed by atoms with Crippen molar-refractivity contribution in [3.63, 3.8) is 0 Å². The van der Waals surface area contributed by atoms with Gasteiger partial charge in [0.05, 0.1) is 0 Å². The highest BCUT2D eigenvalue weighted by molar-refractivity contribution is 6.00. The molecule has 4 aliphatic rings. The zero-order valence-corrected chi connectivity index (χ0v) is 18.3. The zero-order valence-electron chi connectivity index (χ0n) is 18.3. The Morgan fingerprint density at radius 3 is 2.76 bits per heavy atom. The molecule has 0 aromatic heterocycles. The van der Waals surface area contributed by atoms with Gasteiger partial charge < -0.3 is 16.2 Å². The summed E-state index contributed by atoms with van der Waals surface area (Å²) in [5.74, 6) is 2.33. The van der Waals surface area contributed by atoms with E-state index < -0.39 is 0 Å². The van der Waals surface area contributed by atoms with Crippen molar-refractivity contribution in [3.8, 4) is 0 Å². The van der Waals surface area contributed by atoms with Crippen LogP contribution in [0, 0.1) is 22.7 Å². The molecule has 0 aromatic rings. The molecule has 0 unspecified atom stereocenters. The van der Waals surface area contributed by atoms with Crippen molar-refractivity contribution in [1.82, 2.24) is 5.32 Å². The second-order valence-electron chi connectivity index (χ2n) is 10.4. The van der Waals surface area contributed by atoms with Gasteiger partial charge >= 0.3 is 0 Å². The molecule has 0 radical (unpaired) electrons. The number of carbonyl (C=O) groups excluding carboxylic acids is 1. The maximum absolute atomic E-state index is 13.2. The first-order chi connectivity index (χ1) is 13.9. The molecule has 0 amide bonds. The summed E-state index contributed by atoms with van der Waals surface area (Å²) in [6, 6.07) is 0.397. The van der Waals surface area contributed by atoms with E-state index in [0.29, 0.717) is 23.7 Å². The molecule has 1 heterocycles. The standard InChI is InChI=1S/C24H39N3O2/c1-23(2)17-10-9-16(6-3-4-13-28)24(23)15-21(29)19(20(24)14-17)8-5-7-18-11-12-26-22(25)27-18/h16-18,28H,3-15H2,1-2H3,(H3,25,26,27)/t16-,17-,18+,24+/m1/s1. The number of Topliss-reactive ketones (excluding diaryl/α,β-unsaturated/α-hetero) is 1. The fourth-order valence-corrected chi connectivity index (χ4v) is 7.31. The lowest BCUT2D eigenvalue weighted by Crippen LogP contribution is -2.46. The van der Waals surface area contributed by atoms with E-state index in [2.05, 4.69) is 24.2 Å². The predicted octanol–water partition coefficient (Wildman–Crippen LogP) is 3.71. The maximum atomic E-state index is 13.2. The third-order valence-electron chi connectivity index (χ3n) is 8.91. The van der Waals surface area contributed by atoms with Crippen LogP contribution in [0.4, 0.5) is 0 Å². The summed E-state index contributed by atoms with van der Waals surface area (Å²) < 4.78 is 0. The van der Waals surface area contributed by atoms with Gasteiger partial charge in [-0.2, -0.15) is 0 Å². The van der Waals surface area contributed by atoms with E-state index in [1.54, 1.807) is 5.57 Å². The van der Waals surface area contributed by atoms with Gasteiger partial charge in [-0.1, -0.05) is 25.8 Å². The number of nitrogens with zero attached hydrogens (tertiary/aromatic N) is 1. The van der Waals surface area contributed by atoms with E-state index >= 15 is 0 Å². The van der Waals surface area contributed by atoms with E-state index in [-0.39, 0.29) is 17.4 Å². The Balaban J connectivity index is 1.51. The van der Waals surface area contributed by atoms with Gasteiger partial charge in [0.1, 0.15) is 0 Å². The topological polar surface area (TPSA) is 87.7 Å². The van der Waals surface area contributed by atoms with Crippen molar-refractivity contribution in [2.75, 3.05) is 13.2 Å². The summed E-state index contributed by atoms with van der Waals surface area (Å²) >= 11 is 0. The lowest BCUT2D eigenvalue weighted by Gasteiger charge is -2.52. The Bertz CT molecular complexity index is 711. The van der Waals surface area contributed by atoms with Crippen molar-refractivity contribution in [2.24, 2.45) is 33.4 Å². The summed E-state index contributed by atoms with van der Waals surface area (Å²) in [5, 5.41) is 12.5. The molecule has 5 heteroatoms. The number of unbranched alkanes of at least 4 members (excludes halogenated alkanes) is 1. The number of carbonyl (C=O) groups is 1. The number of aliphatic hydroxyl groups excluding tert-OH is 1. The molecule has 5 nitrogen and oxygen atoms in total. The molecule has 3 aliphatic carbocycles. The molecule has 162 valence electrons. The van der Waals surface area contributed by atoms with E-state index in [1.807, 2.05) is 0 Å². The van der Waals surface area contributed by atoms with Gasteiger partial charge in [-0.15, -0.1) is 0 Å². The van der Waals surface area contributed by atoms with Crippen LogP contribution in [0.3, 0.4) is 0 Å². The van der Waals surface area contributed by atoms with Crippen molar-refractivity contribution >= 4 is 11.7 Å². The lowest BCUT2D eigenvalue weighted by molar-refractivity contribution is -0.120. The van der Waals surface area contributed by atoms with Crippen LogP contribution in [0.1, 0.15) is 84.5 Å². The number of fused-ring (bicyclic) bond motifs is 1. The van der Waals surface area contributed by atoms with Crippen molar-refractivity contribution in [1.29, 1.82) is 0 Å². The number of nitrogens with two attached hydrogens (primary N) is 1. The first kappa shape index (κ1) is 20.9. The number of aliphatic hydroxyl groups is 1. The van der Waals surface area contributed by atoms with E-state index in [1.165, 1.54) is 18.4 Å². The van der Waals surface area contributed by atoms with Crippen LogP contribution in [0.25, 0.3) is 0 Å². The minimum atomic E-state index is 0.0952. The van der Waals surface area contributed by atoms with Crippen LogP contribution < -0.4 is 11.1 Å². The van der Waals surface area contributed by atoms with Crippen molar-refractivity contribution < 1.29 is 9.90 Å². The van der Waals surface area contributed by atoms with Gasteiger partial charge in [-0.05, 0) is 80.6 Å². The first-order valence-corrected chi connectivity index (χ1v) is 11.8. The second-order valence-corrected chi connectivity index (χ2v) is 10.4. The molecule has 0 aromatic carbocycles. The van der Waals surface area contributed by atoms with Gasteiger partial charge in [0.2, 0.25) is 0 Å². The molecule has 2 saturated carbocycles. The Labute approximate surface area is 175 Å². The Hall–Kier alpha value is -1.36. The highest BCUT2D eigenvalue weighted by Gasteiger charge is 2.66. The third kappa shape index (κ3) is 3.43. The van der Waals surface area contributed by atoms with Crippen molar-refractivity contribution in [3.05, 3.63) is 11.1 Å². The molecular weight excluding hydrogens is 362 g/mol. The third-order valence-corrected chi connectivity index (χ3v) is 8.91. The Morgan fingerprint density at radius 1 is 1.17 bits per heavy atom. The predicted molar refractivity (Wildman–Crippen MR) is 117 cm³/mol. The van der Waals surface area contributed by atoms with Gasteiger partial charge in [0.15, 0.2) is 11.7 Å². The van der Waals surface area contributed by atoms with Gasteiger partial charge in [0.25, 0.3) is 0 Å². The molecular formula is C24H39N3O2. The molecule has 4 N–H and O–H groups in total. The number of ketones is 1. The van der Waals surface area contributed by atoms with Gasteiger partial charge in [-0.3, -0.25) is 9.79 Å². The quantitative estimate of drug-likeness (QED) is 0.541. The van der Waals surface area contributed by atoms with E-state index in [4.69, 9.17) is 5.73 Å². The molecule has 1 spiro atoms. The number of nitrogens with one attached hydrogen (secondary N) is 1. The Morgan fingerprint density at radius 2 is 2.00 bits per heavy atom. The van der Waals surface area contributed by atoms with E-state index in [9.17, 15) is 9.90 Å².